The summed E-state index contributed by atoms with van der Waals surface area (Å²) in [6.45, 7) is 6.95. The summed E-state index contributed by atoms with van der Waals surface area (Å²) in [7, 11) is 1.57. The molecule has 38 heavy (non-hydrogen) atoms. The molecule has 7 nitrogen and oxygen atoms in total. The Labute approximate surface area is 223 Å². The molecule has 0 unspecified atom stereocenters. The Hall–Kier alpha value is -4.14. The van der Waals surface area contributed by atoms with Gasteiger partial charge in [-0.25, -0.2) is 0 Å². The van der Waals surface area contributed by atoms with Crippen LogP contribution in [-0.2, 0) is 4.65 Å². The van der Waals surface area contributed by atoms with E-state index in [1.807, 2.05) is 54.6 Å². The lowest BCUT2D eigenvalue weighted by Crippen LogP contribution is -2.49. The molecule has 0 aliphatic carbocycles. The third-order valence-electron chi connectivity index (χ3n) is 6.80. The van der Waals surface area contributed by atoms with E-state index in [1.54, 1.807) is 64.3 Å². The quantitative estimate of drug-likeness (QED) is 0.121. The maximum absolute atomic E-state index is 10.7. The van der Waals surface area contributed by atoms with Gasteiger partial charge in [0.15, 0.2) is 11.5 Å². The van der Waals surface area contributed by atoms with Gasteiger partial charge in [0.05, 0.1) is 16.9 Å². The van der Waals surface area contributed by atoms with Crippen LogP contribution in [0.5, 0.6) is 23.0 Å². The Morgan fingerprint density at radius 2 is 1.18 bits per heavy atom. The van der Waals surface area contributed by atoms with Gasteiger partial charge in [-0.1, -0.05) is 60.1 Å². The highest BCUT2D eigenvalue weighted by molar-refractivity contribution is 6.47. The molecule has 0 spiro atoms. The Kier molecular flexibility index (Phi) is 7.31. The Bertz CT molecular complexity index is 1400. The molecule has 5 N–H and O–H groups in total. The maximum Gasteiger partial charge on any atom is 0.330 e. The summed E-state index contributed by atoms with van der Waals surface area (Å²) < 4.78 is 5.85. The molecule has 0 aliphatic rings. The van der Waals surface area contributed by atoms with Crippen LogP contribution in [0.25, 0.3) is 11.1 Å². The van der Waals surface area contributed by atoms with Gasteiger partial charge >= 0.3 is 7.48 Å². The molecular weight excluding hydrogens is 481 g/mol. The van der Waals surface area contributed by atoms with Crippen molar-refractivity contribution in [2.45, 2.75) is 38.9 Å². The number of phenols is 4. The number of phenolic OH excluding ortho intramolecular Hbond substituents is 4. The Morgan fingerprint density at radius 3 is 1.74 bits per heavy atom. The lowest BCUT2D eigenvalue weighted by molar-refractivity contribution is -0.0893. The van der Waals surface area contributed by atoms with Crippen LogP contribution in [0.2, 0.25) is 0 Å². The van der Waals surface area contributed by atoms with Gasteiger partial charge in [0.2, 0.25) is 11.5 Å². The van der Waals surface area contributed by atoms with Gasteiger partial charge in [-0.2, -0.15) is 0 Å². The van der Waals surface area contributed by atoms with Crippen molar-refractivity contribution in [2.24, 2.45) is 0 Å². The van der Waals surface area contributed by atoms with Crippen molar-refractivity contribution in [3.8, 4) is 34.1 Å². The van der Waals surface area contributed by atoms with E-state index in [9.17, 15) is 25.5 Å². The fourth-order valence-electron chi connectivity index (χ4n) is 3.71. The third-order valence-corrected chi connectivity index (χ3v) is 6.80. The largest absolute Gasteiger partial charge is 0.504 e. The van der Waals surface area contributed by atoms with Gasteiger partial charge in [0, 0.05) is 17.4 Å². The van der Waals surface area contributed by atoms with Crippen LogP contribution >= 0.6 is 0 Å². The van der Waals surface area contributed by atoms with E-state index in [0.29, 0.717) is 11.4 Å². The van der Waals surface area contributed by atoms with Crippen molar-refractivity contribution >= 4 is 30.0 Å². The second kappa shape index (κ2) is 10.3. The van der Waals surface area contributed by atoms with Crippen LogP contribution in [0.4, 0.5) is 17.1 Å². The van der Waals surface area contributed by atoms with Crippen molar-refractivity contribution in [3.05, 3.63) is 84.9 Å². The van der Waals surface area contributed by atoms with Crippen LogP contribution < -0.4 is 10.4 Å². The lowest BCUT2D eigenvalue weighted by Gasteiger charge is -2.37. The first kappa shape index (κ1) is 26.9. The number of nitrogens with zero attached hydrogens (tertiary/aromatic N) is 1. The molecule has 0 atom stereocenters. The van der Waals surface area contributed by atoms with E-state index in [1.165, 1.54) is 6.07 Å². The standard InChI is InChI=1S/C30H31BNO6/c1-29(2,37)30(3,4)38-31-21-12-16-23(17-13-21)32(24-18-25(33)27(35)28(36)26(24)34)22-14-10-20(11-15-22)19-8-6-5-7-9-19/h5-18,33-37H,1-4H3. The molecule has 0 bridgehead atoms. The molecule has 195 valence electrons. The summed E-state index contributed by atoms with van der Waals surface area (Å²) in [5, 5.41) is 51.4. The van der Waals surface area contributed by atoms with E-state index in [2.05, 4.69) is 0 Å². The smallest absolute Gasteiger partial charge is 0.330 e. The van der Waals surface area contributed by atoms with Crippen molar-refractivity contribution in [1.82, 2.24) is 0 Å². The molecule has 0 saturated heterocycles. The summed E-state index contributed by atoms with van der Waals surface area (Å²) in [5.74, 6) is -2.79. The summed E-state index contributed by atoms with van der Waals surface area (Å²) in [4.78, 5) is 1.65. The van der Waals surface area contributed by atoms with Crippen molar-refractivity contribution < 1.29 is 30.2 Å². The SMILES string of the molecule is CC(C)(O)C(C)(C)O[B]c1ccc(N(c2ccc(-c3ccccc3)cc2)c2cc(O)c(O)c(O)c2O)cc1. The lowest BCUT2D eigenvalue weighted by atomic mass is 9.82. The van der Waals surface area contributed by atoms with Gasteiger partial charge in [0.1, 0.15) is 0 Å². The fourth-order valence-corrected chi connectivity index (χ4v) is 3.71. The predicted molar refractivity (Wildman–Crippen MR) is 150 cm³/mol. The second-order valence-corrected chi connectivity index (χ2v) is 10.1. The molecule has 4 aromatic carbocycles. The number of anilines is 3. The molecule has 4 aromatic rings. The van der Waals surface area contributed by atoms with Crippen molar-refractivity contribution in [3.63, 3.8) is 0 Å². The van der Waals surface area contributed by atoms with Gasteiger partial charge < -0.3 is 35.1 Å². The van der Waals surface area contributed by atoms with Gasteiger partial charge in [0.25, 0.3) is 0 Å². The first-order valence-electron chi connectivity index (χ1n) is 12.1. The zero-order valence-electron chi connectivity index (χ0n) is 21.8. The van der Waals surface area contributed by atoms with Gasteiger partial charge in [-0.3, -0.25) is 0 Å². The highest BCUT2D eigenvalue weighted by atomic mass is 16.5. The average molecular weight is 512 g/mol. The number of benzene rings is 4. The molecule has 1 radical (unpaired) electrons. The van der Waals surface area contributed by atoms with Gasteiger partial charge in [-0.15, -0.1) is 0 Å². The fraction of sp³-hybridized carbons (Fsp3) is 0.200. The van der Waals surface area contributed by atoms with Crippen LogP contribution in [0.15, 0.2) is 84.9 Å². The number of rotatable bonds is 8. The van der Waals surface area contributed by atoms with Crippen LogP contribution in [0.3, 0.4) is 0 Å². The first-order valence-corrected chi connectivity index (χ1v) is 12.1. The highest BCUT2D eigenvalue weighted by Gasteiger charge is 2.35. The Balaban J connectivity index is 1.72. The third kappa shape index (κ3) is 5.42. The molecule has 4 rings (SSSR count). The molecule has 8 heteroatoms. The number of hydrogen-bond donors (Lipinski definition) is 5. The first-order chi connectivity index (χ1) is 17.9. The number of hydrogen-bond acceptors (Lipinski definition) is 7. The second-order valence-electron chi connectivity index (χ2n) is 10.1. The minimum Gasteiger partial charge on any atom is -0.504 e. The molecule has 0 amide bonds. The van der Waals surface area contributed by atoms with E-state index >= 15 is 0 Å². The highest BCUT2D eigenvalue weighted by Crippen LogP contribution is 2.51. The summed E-state index contributed by atoms with van der Waals surface area (Å²) in [6.07, 6.45) is 0. The van der Waals surface area contributed by atoms with Crippen LogP contribution in [0, 0.1) is 0 Å². The Morgan fingerprint density at radius 1 is 0.658 bits per heavy atom. The van der Waals surface area contributed by atoms with Crippen molar-refractivity contribution in [2.75, 3.05) is 4.90 Å². The van der Waals surface area contributed by atoms with Crippen LogP contribution in [-0.4, -0.2) is 44.2 Å². The number of aliphatic hydroxyl groups is 1. The molecule has 0 heterocycles. The maximum atomic E-state index is 10.7. The van der Waals surface area contributed by atoms with Gasteiger partial charge in [-0.05, 0) is 63.1 Å². The zero-order chi connectivity index (χ0) is 27.7. The van der Waals surface area contributed by atoms with E-state index in [0.717, 1.165) is 16.6 Å². The topological polar surface area (TPSA) is 114 Å². The number of aromatic hydroxyl groups is 4. The summed E-state index contributed by atoms with van der Waals surface area (Å²) in [5.41, 5.74) is 2.20. The van der Waals surface area contributed by atoms with E-state index < -0.39 is 34.2 Å². The van der Waals surface area contributed by atoms with E-state index in [4.69, 9.17) is 4.65 Å². The zero-order valence-corrected chi connectivity index (χ0v) is 21.8. The molecule has 0 saturated carbocycles. The van der Waals surface area contributed by atoms with Crippen molar-refractivity contribution in [1.29, 1.82) is 0 Å². The van der Waals surface area contributed by atoms with Crippen LogP contribution in [0.1, 0.15) is 27.7 Å². The molecule has 0 aliphatic heterocycles. The van der Waals surface area contributed by atoms with E-state index in [-0.39, 0.29) is 5.69 Å². The molecular formula is C30H31BNO6. The summed E-state index contributed by atoms with van der Waals surface area (Å²) in [6, 6.07) is 25.8. The molecule has 0 aromatic heterocycles. The monoisotopic (exact) mass is 512 g/mol. The normalized spacial score (nSPS) is 11.8. The average Bonchev–Trinajstić information content (AvgIpc) is 2.90. The minimum atomic E-state index is -1.06. The molecule has 0 fully saturated rings. The minimum absolute atomic E-state index is 0.0707. The summed E-state index contributed by atoms with van der Waals surface area (Å²) >= 11 is 0. The predicted octanol–water partition coefficient (Wildman–Crippen LogP) is 5.46.